The van der Waals surface area contributed by atoms with E-state index in [4.69, 9.17) is 0 Å². The van der Waals surface area contributed by atoms with Crippen molar-refractivity contribution < 1.29 is 4.79 Å². The Bertz CT molecular complexity index is 329. The Balaban J connectivity index is 1.62. The third-order valence-electron chi connectivity index (χ3n) is 5.44. The molecular formula is C15H26N2O. The van der Waals surface area contributed by atoms with Gasteiger partial charge in [0.25, 0.3) is 0 Å². The Hall–Kier alpha value is -0.570. The summed E-state index contributed by atoms with van der Waals surface area (Å²) in [5.74, 6) is 1.80. The minimum absolute atomic E-state index is 0.138. The molecule has 3 nitrogen and oxygen atoms in total. The summed E-state index contributed by atoms with van der Waals surface area (Å²) in [7, 11) is 0. The average molecular weight is 250 g/mol. The molecule has 3 atom stereocenters. The van der Waals surface area contributed by atoms with Crippen LogP contribution in [0.2, 0.25) is 0 Å². The van der Waals surface area contributed by atoms with Gasteiger partial charge in [-0.2, -0.15) is 0 Å². The first-order valence-corrected chi connectivity index (χ1v) is 7.59. The van der Waals surface area contributed by atoms with Gasteiger partial charge < -0.3 is 10.2 Å². The first kappa shape index (κ1) is 12.5. The van der Waals surface area contributed by atoms with Crippen LogP contribution in [-0.4, -0.2) is 36.5 Å². The summed E-state index contributed by atoms with van der Waals surface area (Å²) in [5, 5.41) is 3.49. The molecule has 2 aliphatic heterocycles. The lowest BCUT2D eigenvalue weighted by Gasteiger charge is -2.38. The highest BCUT2D eigenvalue weighted by Gasteiger charge is 2.44. The molecule has 102 valence electrons. The summed E-state index contributed by atoms with van der Waals surface area (Å²) in [6, 6.07) is 0.138. The van der Waals surface area contributed by atoms with E-state index in [1.54, 1.807) is 0 Å². The van der Waals surface area contributed by atoms with Gasteiger partial charge in [0.1, 0.15) is 0 Å². The summed E-state index contributed by atoms with van der Waals surface area (Å²) in [6.45, 7) is 7.62. The van der Waals surface area contributed by atoms with Gasteiger partial charge in [-0.15, -0.1) is 0 Å². The molecule has 1 amide bonds. The van der Waals surface area contributed by atoms with Gasteiger partial charge >= 0.3 is 0 Å². The molecule has 3 fully saturated rings. The molecular weight excluding hydrogens is 224 g/mol. The van der Waals surface area contributed by atoms with E-state index in [9.17, 15) is 4.79 Å². The number of nitrogens with zero attached hydrogens (tertiary/aromatic N) is 1. The van der Waals surface area contributed by atoms with Crippen LogP contribution >= 0.6 is 0 Å². The zero-order chi connectivity index (χ0) is 12.8. The van der Waals surface area contributed by atoms with Crippen LogP contribution in [0.5, 0.6) is 0 Å². The van der Waals surface area contributed by atoms with Crippen LogP contribution in [0.3, 0.4) is 0 Å². The topological polar surface area (TPSA) is 32.3 Å². The maximum Gasteiger partial charge on any atom is 0.240 e. The number of carbonyl (C=O) groups excluding carboxylic acids is 1. The van der Waals surface area contributed by atoms with Gasteiger partial charge in [0.15, 0.2) is 0 Å². The minimum atomic E-state index is 0.138. The summed E-state index contributed by atoms with van der Waals surface area (Å²) >= 11 is 0. The monoisotopic (exact) mass is 250 g/mol. The van der Waals surface area contributed by atoms with Crippen molar-refractivity contribution in [2.24, 2.45) is 17.3 Å². The van der Waals surface area contributed by atoms with Crippen LogP contribution in [0.15, 0.2) is 0 Å². The molecule has 1 N–H and O–H groups in total. The number of amides is 1. The molecule has 0 spiro atoms. The highest BCUT2D eigenvalue weighted by atomic mass is 16.2. The SMILES string of the molecule is CC1(C)CCN(C(=O)C2NCC3CCCC32)CC1. The first-order chi connectivity index (χ1) is 8.57. The van der Waals surface area contributed by atoms with Gasteiger partial charge in [0.05, 0.1) is 6.04 Å². The summed E-state index contributed by atoms with van der Waals surface area (Å²) in [5.41, 5.74) is 0.426. The molecule has 0 aromatic rings. The van der Waals surface area contributed by atoms with Crippen LogP contribution < -0.4 is 5.32 Å². The number of rotatable bonds is 1. The van der Waals surface area contributed by atoms with Crippen LogP contribution in [0, 0.1) is 17.3 Å². The standard InChI is InChI=1S/C15H26N2O/c1-15(2)6-8-17(9-7-15)14(18)13-12-5-3-4-11(12)10-16-13/h11-13,16H,3-10H2,1-2H3. The third kappa shape index (κ3) is 2.18. The Morgan fingerprint density at radius 3 is 2.67 bits per heavy atom. The molecule has 3 heteroatoms. The molecule has 2 saturated heterocycles. The van der Waals surface area contributed by atoms with E-state index in [2.05, 4.69) is 24.1 Å². The van der Waals surface area contributed by atoms with Crippen molar-refractivity contribution in [1.82, 2.24) is 10.2 Å². The summed E-state index contributed by atoms with van der Waals surface area (Å²) in [6.07, 6.45) is 6.22. The fourth-order valence-corrected chi connectivity index (χ4v) is 3.99. The molecule has 0 bridgehead atoms. The van der Waals surface area contributed by atoms with Crippen LogP contribution in [0.4, 0.5) is 0 Å². The zero-order valence-electron chi connectivity index (χ0n) is 11.7. The minimum Gasteiger partial charge on any atom is -0.341 e. The Labute approximate surface area is 110 Å². The zero-order valence-corrected chi connectivity index (χ0v) is 11.7. The van der Waals surface area contributed by atoms with Crippen molar-refractivity contribution >= 4 is 5.91 Å². The first-order valence-electron chi connectivity index (χ1n) is 7.59. The predicted octanol–water partition coefficient (Wildman–Crippen LogP) is 2.02. The molecule has 2 heterocycles. The number of fused-ring (bicyclic) bond motifs is 1. The van der Waals surface area contributed by atoms with E-state index < -0.39 is 0 Å². The van der Waals surface area contributed by atoms with E-state index in [0.717, 1.165) is 38.4 Å². The lowest BCUT2D eigenvalue weighted by Crippen LogP contribution is -2.50. The Morgan fingerprint density at radius 2 is 1.94 bits per heavy atom. The molecule has 0 radical (unpaired) electrons. The maximum absolute atomic E-state index is 12.6. The van der Waals surface area contributed by atoms with E-state index in [-0.39, 0.29) is 6.04 Å². The number of hydrogen-bond acceptors (Lipinski definition) is 2. The molecule has 0 aromatic carbocycles. The van der Waals surface area contributed by atoms with Crippen LogP contribution in [0.25, 0.3) is 0 Å². The fraction of sp³-hybridized carbons (Fsp3) is 0.933. The van der Waals surface area contributed by atoms with Crippen molar-refractivity contribution in [3.8, 4) is 0 Å². The molecule has 0 aromatic heterocycles. The number of likely N-dealkylation sites (tertiary alicyclic amines) is 1. The number of carbonyl (C=O) groups is 1. The van der Waals surface area contributed by atoms with E-state index in [0.29, 0.717) is 17.2 Å². The highest BCUT2D eigenvalue weighted by Crippen LogP contribution is 2.39. The molecule has 3 rings (SSSR count). The number of nitrogens with one attached hydrogen (secondary N) is 1. The van der Waals surface area contributed by atoms with Gasteiger partial charge in [0, 0.05) is 13.1 Å². The fourth-order valence-electron chi connectivity index (χ4n) is 3.99. The van der Waals surface area contributed by atoms with Gasteiger partial charge in [-0.25, -0.2) is 0 Å². The van der Waals surface area contributed by atoms with Gasteiger partial charge in [-0.05, 0) is 49.5 Å². The predicted molar refractivity (Wildman–Crippen MR) is 72.2 cm³/mol. The maximum atomic E-state index is 12.6. The second-order valence-electron chi connectivity index (χ2n) is 7.23. The summed E-state index contributed by atoms with van der Waals surface area (Å²) < 4.78 is 0. The average Bonchev–Trinajstić information content (AvgIpc) is 2.89. The van der Waals surface area contributed by atoms with Crippen molar-refractivity contribution in [1.29, 1.82) is 0 Å². The Morgan fingerprint density at radius 1 is 1.22 bits per heavy atom. The van der Waals surface area contributed by atoms with E-state index in [1.807, 2.05) is 0 Å². The highest BCUT2D eigenvalue weighted by molar-refractivity contribution is 5.82. The largest absolute Gasteiger partial charge is 0.341 e. The van der Waals surface area contributed by atoms with E-state index in [1.165, 1.54) is 19.3 Å². The third-order valence-corrected chi connectivity index (χ3v) is 5.44. The van der Waals surface area contributed by atoms with Gasteiger partial charge in [0.2, 0.25) is 5.91 Å². The van der Waals surface area contributed by atoms with Gasteiger partial charge in [-0.1, -0.05) is 20.3 Å². The Kier molecular flexibility index (Phi) is 3.13. The second-order valence-corrected chi connectivity index (χ2v) is 7.23. The molecule has 1 aliphatic carbocycles. The second kappa shape index (κ2) is 4.52. The lowest BCUT2D eigenvalue weighted by atomic mass is 9.82. The number of hydrogen-bond donors (Lipinski definition) is 1. The van der Waals surface area contributed by atoms with Crippen molar-refractivity contribution in [3.05, 3.63) is 0 Å². The molecule has 3 aliphatic rings. The number of piperidine rings is 1. The quantitative estimate of drug-likeness (QED) is 0.772. The van der Waals surface area contributed by atoms with Crippen LogP contribution in [-0.2, 0) is 4.79 Å². The van der Waals surface area contributed by atoms with Crippen molar-refractivity contribution in [2.75, 3.05) is 19.6 Å². The van der Waals surface area contributed by atoms with Crippen LogP contribution in [0.1, 0.15) is 46.0 Å². The molecule has 18 heavy (non-hydrogen) atoms. The van der Waals surface area contributed by atoms with Crippen molar-refractivity contribution in [3.63, 3.8) is 0 Å². The smallest absolute Gasteiger partial charge is 0.240 e. The lowest BCUT2D eigenvalue weighted by molar-refractivity contribution is -0.136. The van der Waals surface area contributed by atoms with E-state index >= 15 is 0 Å². The normalized spacial score (nSPS) is 38.8. The van der Waals surface area contributed by atoms with Gasteiger partial charge in [-0.3, -0.25) is 4.79 Å². The molecule has 1 saturated carbocycles. The van der Waals surface area contributed by atoms with Crippen molar-refractivity contribution in [2.45, 2.75) is 52.0 Å². The molecule has 3 unspecified atom stereocenters. The summed E-state index contributed by atoms with van der Waals surface area (Å²) in [4.78, 5) is 14.7.